The van der Waals surface area contributed by atoms with E-state index in [-0.39, 0.29) is 6.03 Å². The molecule has 118 valence electrons. The van der Waals surface area contributed by atoms with Crippen molar-refractivity contribution in [1.29, 1.82) is 0 Å². The molecule has 1 fully saturated rings. The van der Waals surface area contributed by atoms with E-state index in [9.17, 15) is 14.7 Å². The lowest BCUT2D eigenvalue weighted by atomic mass is 10.1. The van der Waals surface area contributed by atoms with Gasteiger partial charge < -0.3 is 19.7 Å². The fourth-order valence-electron chi connectivity index (χ4n) is 2.75. The SMILES string of the molecule is O=C(NCCn1c(=O)oc2ccccc21)N1CCCC(O)C1. The molecule has 2 N–H and O–H groups in total. The lowest BCUT2D eigenvalue weighted by molar-refractivity contribution is 0.0842. The van der Waals surface area contributed by atoms with E-state index in [4.69, 9.17) is 4.42 Å². The van der Waals surface area contributed by atoms with Crippen molar-refractivity contribution in [3.05, 3.63) is 34.8 Å². The summed E-state index contributed by atoms with van der Waals surface area (Å²) in [4.78, 5) is 25.4. The molecule has 2 amide bonds. The summed E-state index contributed by atoms with van der Waals surface area (Å²) in [6, 6.07) is 6.98. The number of benzene rings is 1. The molecule has 0 aliphatic carbocycles. The van der Waals surface area contributed by atoms with E-state index in [1.54, 1.807) is 17.0 Å². The predicted octanol–water partition coefficient (Wildman–Crippen LogP) is 0.761. The van der Waals surface area contributed by atoms with Crippen LogP contribution in [0.4, 0.5) is 4.79 Å². The van der Waals surface area contributed by atoms with Gasteiger partial charge in [0.25, 0.3) is 0 Å². The van der Waals surface area contributed by atoms with Gasteiger partial charge in [0.15, 0.2) is 5.58 Å². The van der Waals surface area contributed by atoms with Crippen LogP contribution in [-0.4, -0.2) is 46.3 Å². The van der Waals surface area contributed by atoms with Crippen molar-refractivity contribution in [2.24, 2.45) is 0 Å². The van der Waals surface area contributed by atoms with E-state index in [2.05, 4.69) is 5.32 Å². The number of urea groups is 1. The number of aliphatic hydroxyl groups is 1. The number of aliphatic hydroxyl groups excluding tert-OH is 1. The predicted molar refractivity (Wildman–Crippen MR) is 80.7 cm³/mol. The van der Waals surface area contributed by atoms with Gasteiger partial charge in [-0.15, -0.1) is 0 Å². The van der Waals surface area contributed by atoms with Gasteiger partial charge in [-0.3, -0.25) is 4.57 Å². The van der Waals surface area contributed by atoms with Gasteiger partial charge in [0.05, 0.1) is 11.6 Å². The fourth-order valence-corrected chi connectivity index (χ4v) is 2.75. The molecule has 0 radical (unpaired) electrons. The standard InChI is InChI=1S/C15H19N3O4/c19-11-4-3-8-17(10-11)14(20)16-7-9-18-12-5-1-2-6-13(12)22-15(18)21/h1-2,5-6,11,19H,3-4,7-10H2,(H,16,20). The van der Waals surface area contributed by atoms with Crippen molar-refractivity contribution in [3.63, 3.8) is 0 Å². The molecule has 3 rings (SSSR count). The second-order valence-electron chi connectivity index (χ2n) is 5.46. The number of nitrogens with one attached hydrogen (secondary N) is 1. The normalized spacial score (nSPS) is 18.6. The van der Waals surface area contributed by atoms with Crippen LogP contribution in [0.2, 0.25) is 0 Å². The Morgan fingerprint density at radius 2 is 2.23 bits per heavy atom. The second kappa shape index (κ2) is 6.23. The third-order valence-corrected chi connectivity index (χ3v) is 3.87. The molecule has 1 saturated heterocycles. The quantitative estimate of drug-likeness (QED) is 0.876. The molecule has 2 aromatic rings. The largest absolute Gasteiger partial charge is 0.420 e. The molecule has 22 heavy (non-hydrogen) atoms. The Kier molecular flexibility index (Phi) is 4.15. The molecule has 1 aliphatic heterocycles. The Morgan fingerprint density at radius 1 is 1.41 bits per heavy atom. The highest BCUT2D eigenvalue weighted by Gasteiger charge is 2.21. The summed E-state index contributed by atoms with van der Waals surface area (Å²) in [5.74, 6) is -0.427. The Hall–Kier alpha value is -2.28. The molecule has 1 aliphatic rings. The summed E-state index contributed by atoms with van der Waals surface area (Å²) < 4.78 is 6.64. The van der Waals surface area contributed by atoms with Gasteiger partial charge in [-0.05, 0) is 25.0 Å². The monoisotopic (exact) mass is 305 g/mol. The number of piperidine rings is 1. The van der Waals surface area contributed by atoms with Crippen molar-refractivity contribution in [3.8, 4) is 0 Å². The molecule has 1 unspecified atom stereocenters. The molecule has 2 heterocycles. The Labute approximate surface area is 127 Å². The van der Waals surface area contributed by atoms with E-state index in [1.165, 1.54) is 4.57 Å². The smallest absolute Gasteiger partial charge is 0.408 e. The maximum atomic E-state index is 12.0. The minimum atomic E-state index is -0.445. The zero-order valence-corrected chi connectivity index (χ0v) is 12.2. The average molecular weight is 305 g/mol. The third kappa shape index (κ3) is 2.99. The molecule has 1 aromatic heterocycles. The lowest BCUT2D eigenvalue weighted by Gasteiger charge is -2.30. The number of amides is 2. The number of aromatic nitrogens is 1. The van der Waals surface area contributed by atoms with Crippen LogP contribution >= 0.6 is 0 Å². The van der Waals surface area contributed by atoms with Crippen molar-refractivity contribution in [1.82, 2.24) is 14.8 Å². The van der Waals surface area contributed by atoms with Gasteiger partial charge in [0.1, 0.15) is 0 Å². The molecule has 0 spiro atoms. The summed E-state index contributed by atoms with van der Waals surface area (Å²) in [5, 5.41) is 12.4. The number of para-hydroxylation sites is 2. The van der Waals surface area contributed by atoms with Gasteiger partial charge in [-0.25, -0.2) is 9.59 Å². The van der Waals surface area contributed by atoms with Crippen LogP contribution in [0, 0.1) is 0 Å². The molecular weight excluding hydrogens is 286 g/mol. The number of hydrogen-bond donors (Lipinski definition) is 2. The van der Waals surface area contributed by atoms with E-state index in [0.717, 1.165) is 18.4 Å². The van der Waals surface area contributed by atoms with Gasteiger partial charge in [0.2, 0.25) is 0 Å². The Bertz CT molecular complexity index is 721. The maximum absolute atomic E-state index is 12.0. The number of likely N-dealkylation sites (tertiary alicyclic amines) is 1. The Morgan fingerprint density at radius 3 is 3.05 bits per heavy atom. The number of fused-ring (bicyclic) bond motifs is 1. The molecule has 1 atom stereocenters. The van der Waals surface area contributed by atoms with Gasteiger partial charge >= 0.3 is 11.8 Å². The first-order chi connectivity index (χ1) is 10.6. The highest BCUT2D eigenvalue weighted by atomic mass is 16.4. The molecule has 0 saturated carbocycles. The van der Waals surface area contributed by atoms with Crippen LogP contribution in [0.25, 0.3) is 11.1 Å². The molecule has 0 bridgehead atoms. The summed E-state index contributed by atoms with van der Waals surface area (Å²) in [5.41, 5.74) is 1.26. The highest BCUT2D eigenvalue weighted by molar-refractivity contribution is 5.74. The first-order valence-corrected chi connectivity index (χ1v) is 7.44. The minimum Gasteiger partial charge on any atom is -0.408 e. The molecule has 7 nitrogen and oxygen atoms in total. The van der Waals surface area contributed by atoms with Crippen molar-refractivity contribution in [2.75, 3.05) is 19.6 Å². The van der Waals surface area contributed by atoms with Crippen LogP contribution in [0.3, 0.4) is 0 Å². The van der Waals surface area contributed by atoms with Crippen molar-refractivity contribution >= 4 is 17.1 Å². The highest BCUT2D eigenvalue weighted by Crippen LogP contribution is 2.11. The number of carbonyl (C=O) groups excluding carboxylic acids is 1. The van der Waals surface area contributed by atoms with E-state index < -0.39 is 11.9 Å². The van der Waals surface area contributed by atoms with Crippen molar-refractivity contribution in [2.45, 2.75) is 25.5 Å². The van der Waals surface area contributed by atoms with E-state index in [0.29, 0.717) is 31.8 Å². The van der Waals surface area contributed by atoms with Crippen LogP contribution < -0.4 is 11.1 Å². The lowest BCUT2D eigenvalue weighted by Crippen LogP contribution is -2.47. The topological polar surface area (TPSA) is 87.7 Å². The number of carbonyl (C=O) groups is 1. The summed E-state index contributed by atoms with van der Waals surface area (Å²) >= 11 is 0. The molecule has 1 aromatic carbocycles. The van der Waals surface area contributed by atoms with Crippen LogP contribution in [0.1, 0.15) is 12.8 Å². The zero-order valence-electron chi connectivity index (χ0n) is 12.2. The van der Waals surface area contributed by atoms with Gasteiger partial charge in [-0.2, -0.15) is 0 Å². The summed E-state index contributed by atoms with van der Waals surface area (Å²) in [6.07, 6.45) is 1.10. The number of oxazole rings is 1. The Balaban J connectivity index is 1.59. The number of hydrogen-bond acceptors (Lipinski definition) is 4. The first kappa shape index (κ1) is 14.6. The fraction of sp³-hybridized carbons (Fsp3) is 0.467. The summed E-state index contributed by atoms with van der Waals surface area (Å²) in [6.45, 7) is 1.69. The number of β-amino-alcohol motifs (C(OH)–C–C–N with tert-alkyl or cyclic N) is 1. The minimum absolute atomic E-state index is 0.209. The average Bonchev–Trinajstić information content (AvgIpc) is 2.83. The van der Waals surface area contributed by atoms with Crippen LogP contribution in [0.15, 0.2) is 33.5 Å². The van der Waals surface area contributed by atoms with Crippen molar-refractivity contribution < 1.29 is 14.3 Å². The molecular formula is C15H19N3O4. The third-order valence-electron chi connectivity index (χ3n) is 3.87. The van der Waals surface area contributed by atoms with Gasteiger partial charge in [0, 0.05) is 26.2 Å². The molecule has 7 heteroatoms. The zero-order chi connectivity index (χ0) is 15.5. The van der Waals surface area contributed by atoms with E-state index >= 15 is 0 Å². The van der Waals surface area contributed by atoms with Crippen LogP contribution in [-0.2, 0) is 6.54 Å². The van der Waals surface area contributed by atoms with Crippen LogP contribution in [0.5, 0.6) is 0 Å². The second-order valence-corrected chi connectivity index (χ2v) is 5.46. The number of rotatable bonds is 3. The first-order valence-electron chi connectivity index (χ1n) is 7.44. The maximum Gasteiger partial charge on any atom is 0.420 e. The summed E-state index contributed by atoms with van der Waals surface area (Å²) in [7, 11) is 0. The number of nitrogens with zero attached hydrogens (tertiary/aromatic N) is 2. The van der Waals surface area contributed by atoms with E-state index in [1.807, 2.05) is 12.1 Å². The van der Waals surface area contributed by atoms with Gasteiger partial charge in [-0.1, -0.05) is 12.1 Å².